The SMILES string of the molecule is O=Cc1ccc(OCc2cccc(-c3ccc4c(c3)OCCO4)c2Cl)c(Cl)c1. The molecular weight excluding hydrogens is 399 g/mol. The van der Waals surface area contributed by atoms with Gasteiger partial charge in [-0.3, -0.25) is 4.79 Å². The summed E-state index contributed by atoms with van der Waals surface area (Å²) in [5.41, 5.74) is 3.13. The predicted octanol–water partition coefficient (Wildman–Crippen LogP) is 5.82. The largest absolute Gasteiger partial charge is 0.487 e. The summed E-state index contributed by atoms with van der Waals surface area (Å²) in [5, 5.41) is 0.975. The molecule has 0 saturated heterocycles. The van der Waals surface area contributed by atoms with Crippen LogP contribution in [0, 0.1) is 0 Å². The first-order chi connectivity index (χ1) is 13.7. The van der Waals surface area contributed by atoms with Gasteiger partial charge < -0.3 is 14.2 Å². The maximum atomic E-state index is 10.8. The van der Waals surface area contributed by atoms with Gasteiger partial charge in [-0.1, -0.05) is 47.5 Å². The molecule has 4 rings (SSSR count). The highest BCUT2D eigenvalue weighted by Crippen LogP contribution is 2.38. The lowest BCUT2D eigenvalue weighted by Gasteiger charge is -2.19. The number of carbonyl (C=O) groups excluding carboxylic acids is 1. The van der Waals surface area contributed by atoms with Crippen molar-refractivity contribution >= 4 is 29.5 Å². The molecule has 1 aliphatic heterocycles. The average Bonchev–Trinajstić information content (AvgIpc) is 2.73. The summed E-state index contributed by atoms with van der Waals surface area (Å²) in [6, 6.07) is 16.4. The lowest BCUT2D eigenvalue weighted by atomic mass is 10.0. The van der Waals surface area contributed by atoms with Crippen LogP contribution in [-0.2, 0) is 6.61 Å². The van der Waals surface area contributed by atoms with Crippen LogP contribution < -0.4 is 14.2 Å². The Labute approximate surface area is 172 Å². The summed E-state index contributed by atoms with van der Waals surface area (Å²) in [5.74, 6) is 1.94. The maximum Gasteiger partial charge on any atom is 0.161 e. The number of halogens is 2. The van der Waals surface area contributed by atoms with E-state index in [1.807, 2.05) is 36.4 Å². The van der Waals surface area contributed by atoms with Crippen LogP contribution in [0.2, 0.25) is 10.0 Å². The first-order valence-corrected chi connectivity index (χ1v) is 9.46. The Kier molecular flexibility index (Phi) is 5.42. The minimum atomic E-state index is 0.247. The third-order valence-corrected chi connectivity index (χ3v) is 5.15. The highest BCUT2D eigenvalue weighted by atomic mass is 35.5. The Balaban J connectivity index is 1.58. The van der Waals surface area contributed by atoms with Crippen molar-refractivity contribution in [2.75, 3.05) is 13.2 Å². The van der Waals surface area contributed by atoms with Gasteiger partial charge in [-0.15, -0.1) is 0 Å². The Hall–Kier alpha value is -2.69. The molecule has 0 aliphatic carbocycles. The predicted molar refractivity (Wildman–Crippen MR) is 109 cm³/mol. The van der Waals surface area contributed by atoms with Crippen molar-refractivity contribution in [3.63, 3.8) is 0 Å². The number of benzene rings is 3. The molecule has 142 valence electrons. The first-order valence-electron chi connectivity index (χ1n) is 8.70. The van der Waals surface area contributed by atoms with Gasteiger partial charge in [-0.2, -0.15) is 0 Å². The molecule has 0 aromatic heterocycles. The summed E-state index contributed by atoms with van der Waals surface area (Å²) in [7, 11) is 0. The fourth-order valence-electron chi connectivity index (χ4n) is 2.99. The van der Waals surface area contributed by atoms with Crippen LogP contribution in [-0.4, -0.2) is 19.5 Å². The maximum absolute atomic E-state index is 10.8. The highest BCUT2D eigenvalue weighted by molar-refractivity contribution is 6.34. The van der Waals surface area contributed by atoms with Gasteiger partial charge in [-0.05, 0) is 35.9 Å². The van der Waals surface area contributed by atoms with Crippen molar-refractivity contribution < 1.29 is 19.0 Å². The fourth-order valence-corrected chi connectivity index (χ4v) is 3.52. The molecule has 1 heterocycles. The van der Waals surface area contributed by atoms with E-state index in [-0.39, 0.29) is 6.61 Å². The van der Waals surface area contributed by atoms with Gasteiger partial charge in [0.2, 0.25) is 0 Å². The van der Waals surface area contributed by atoms with E-state index in [0.29, 0.717) is 40.3 Å². The topological polar surface area (TPSA) is 44.8 Å². The van der Waals surface area contributed by atoms with Gasteiger partial charge in [0.05, 0.1) is 10.0 Å². The molecule has 28 heavy (non-hydrogen) atoms. The van der Waals surface area contributed by atoms with E-state index in [9.17, 15) is 4.79 Å². The van der Waals surface area contributed by atoms with Crippen LogP contribution in [0.4, 0.5) is 0 Å². The van der Waals surface area contributed by atoms with E-state index >= 15 is 0 Å². The zero-order valence-electron chi connectivity index (χ0n) is 14.8. The summed E-state index contributed by atoms with van der Waals surface area (Å²) in [6.07, 6.45) is 0.739. The fraction of sp³-hybridized carbons (Fsp3) is 0.136. The monoisotopic (exact) mass is 414 g/mol. The molecule has 0 saturated carbocycles. The summed E-state index contributed by atoms with van der Waals surface area (Å²) in [4.78, 5) is 10.8. The molecule has 0 unspecified atom stereocenters. The number of carbonyl (C=O) groups is 1. The zero-order valence-corrected chi connectivity index (χ0v) is 16.3. The van der Waals surface area contributed by atoms with E-state index in [4.69, 9.17) is 37.4 Å². The van der Waals surface area contributed by atoms with Crippen molar-refractivity contribution in [2.45, 2.75) is 6.61 Å². The molecule has 0 spiro atoms. The number of ether oxygens (including phenoxy) is 3. The summed E-state index contributed by atoms with van der Waals surface area (Å²) >= 11 is 12.8. The van der Waals surface area contributed by atoms with E-state index in [1.165, 1.54) is 0 Å². The van der Waals surface area contributed by atoms with Crippen molar-refractivity contribution in [1.29, 1.82) is 0 Å². The Morgan fingerprint density at radius 1 is 0.964 bits per heavy atom. The van der Waals surface area contributed by atoms with Crippen LogP contribution in [0.3, 0.4) is 0 Å². The second kappa shape index (κ2) is 8.13. The molecule has 0 amide bonds. The number of hydrogen-bond donors (Lipinski definition) is 0. The number of fused-ring (bicyclic) bond motifs is 1. The second-order valence-electron chi connectivity index (χ2n) is 6.23. The molecule has 0 radical (unpaired) electrons. The Morgan fingerprint density at radius 2 is 1.79 bits per heavy atom. The van der Waals surface area contributed by atoms with Gasteiger partial charge in [-0.25, -0.2) is 0 Å². The van der Waals surface area contributed by atoms with Gasteiger partial charge >= 0.3 is 0 Å². The highest BCUT2D eigenvalue weighted by Gasteiger charge is 2.15. The minimum Gasteiger partial charge on any atom is -0.487 e. The standard InChI is InChI=1S/C22H16Cl2O4/c23-18-10-14(12-25)4-6-19(18)28-13-16-2-1-3-17(22(16)24)15-5-7-20-21(11-15)27-9-8-26-20/h1-7,10-12H,8-9,13H2. The normalized spacial score (nSPS) is 12.5. The van der Waals surface area contributed by atoms with Crippen molar-refractivity contribution in [3.05, 3.63) is 75.8 Å². The lowest BCUT2D eigenvalue weighted by molar-refractivity contribution is 0.112. The van der Waals surface area contributed by atoms with E-state index < -0.39 is 0 Å². The molecule has 0 fully saturated rings. The molecule has 0 atom stereocenters. The molecule has 0 N–H and O–H groups in total. The van der Waals surface area contributed by atoms with E-state index in [2.05, 4.69) is 0 Å². The molecule has 4 nitrogen and oxygen atoms in total. The van der Waals surface area contributed by atoms with Crippen molar-refractivity contribution in [2.24, 2.45) is 0 Å². The van der Waals surface area contributed by atoms with Gasteiger partial charge in [0.1, 0.15) is 31.9 Å². The van der Waals surface area contributed by atoms with Crippen molar-refractivity contribution in [3.8, 4) is 28.4 Å². The van der Waals surface area contributed by atoms with E-state index in [1.54, 1.807) is 18.2 Å². The second-order valence-corrected chi connectivity index (χ2v) is 7.02. The van der Waals surface area contributed by atoms with Crippen molar-refractivity contribution in [1.82, 2.24) is 0 Å². The van der Waals surface area contributed by atoms with Crippen LogP contribution in [0.25, 0.3) is 11.1 Å². The van der Waals surface area contributed by atoms with Gasteiger partial charge in [0.25, 0.3) is 0 Å². The number of hydrogen-bond acceptors (Lipinski definition) is 4. The summed E-state index contributed by atoms with van der Waals surface area (Å²) in [6.45, 7) is 1.33. The molecular formula is C22H16Cl2O4. The van der Waals surface area contributed by atoms with Crippen LogP contribution in [0.1, 0.15) is 15.9 Å². The summed E-state index contributed by atoms with van der Waals surface area (Å²) < 4.78 is 17.0. The number of rotatable bonds is 5. The number of aldehydes is 1. The van der Waals surface area contributed by atoms with Crippen LogP contribution in [0.5, 0.6) is 17.2 Å². The van der Waals surface area contributed by atoms with E-state index in [0.717, 1.165) is 28.7 Å². The van der Waals surface area contributed by atoms with Crippen LogP contribution in [0.15, 0.2) is 54.6 Å². The minimum absolute atomic E-state index is 0.247. The Bertz CT molecular complexity index is 1030. The third-order valence-electron chi connectivity index (χ3n) is 4.41. The molecule has 1 aliphatic rings. The molecule has 0 bridgehead atoms. The van der Waals surface area contributed by atoms with Crippen LogP contribution >= 0.6 is 23.2 Å². The van der Waals surface area contributed by atoms with Gasteiger partial charge in [0.15, 0.2) is 11.5 Å². The molecule has 3 aromatic rings. The average molecular weight is 415 g/mol. The Morgan fingerprint density at radius 3 is 2.57 bits per heavy atom. The molecule has 3 aromatic carbocycles. The molecule has 6 heteroatoms. The smallest absolute Gasteiger partial charge is 0.161 e. The lowest BCUT2D eigenvalue weighted by Crippen LogP contribution is -2.15. The quantitative estimate of drug-likeness (QED) is 0.493. The third kappa shape index (κ3) is 3.79. The zero-order chi connectivity index (χ0) is 19.5. The first kappa shape index (κ1) is 18.7. The van der Waals surface area contributed by atoms with Gasteiger partial charge in [0, 0.05) is 16.7 Å².